The second-order valence-corrected chi connectivity index (χ2v) is 4.71. The van der Waals surface area contributed by atoms with E-state index in [0.717, 1.165) is 11.1 Å². The molecule has 5 nitrogen and oxygen atoms in total. The molecule has 21 heavy (non-hydrogen) atoms. The molecule has 4 N–H and O–H groups in total. The number of aryl methyl sites for hydroxylation is 1. The fraction of sp³-hybridized carbons (Fsp3) is 0.125. The molecule has 0 saturated carbocycles. The maximum atomic E-state index is 12.2. The Hall–Kier alpha value is -2.66. The van der Waals surface area contributed by atoms with E-state index in [4.69, 9.17) is 5.84 Å². The molecule has 2 aromatic rings. The van der Waals surface area contributed by atoms with Gasteiger partial charge in [0.15, 0.2) is 0 Å². The molecule has 2 aromatic carbocycles. The largest absolute Gasteiger partial charge is 0.322 e. The van der Waals surface area contributed by atoms with Crippen LogP contribution in [-0.2, 0) is 11.2 Å². The Bertz CT molecular complexity index is 651. The highest BCUT2D eigenvalue weighted by atomic mass is 16.2. The number of benzene rings is 2. The molecule has 0 aliphatic carbocycles. The average molecular weight is 283 g/mol. The SMILES string of the molecule is Cc1ccccc1C(=O)Nc1ccc(CC(=O)NN)cc1. The summed E-state index contributed by atoms with van der Waals surface area (Å²) in [5.41, 5.74) is 5.15. The molecule has 0 aromatic heterocycles. The predicted molar refractivity (Wildman–Crippen MR) is 81.6 cm³/mol. The van der Waals surface area contributed by atoms with Crippen molar-refractivity contribution in [1.82, 2.24) is 5.43 Å². The van der Waals surface area contributed by atoms with Crippen molar-refractivity contribution in [3.05, 3.63) is 65.2 Å². The van der Waals surface area contributed by atoms with Gasteiger partial charge in [-0.05, 0) is 36.2 Å². The molecule has 0 atom stereocenters. The van der Waals surface area contributed by atoms with Gasteiger partial charge in [-0.1, -0.05) is 30.3 Å². The fourth-order valence-corrected chi connectivity index (χ4v) is 1.97. The van der Waals surface area contributed by atoms with Gasteiger partial charge in [0.25, 0.3) is 5.91 Å². The van der Waals surface area contributed by atoms with E-state index in [0.29, 0.717) is 11.3 Å². The minimum absolute atomic E-state index is 0.152. The summed E-state index contributed by atoms with van der Waals surface area (Å²) in [7, 11) is 0. The van der Waals surface area contributed by atoms with Crippen LogP contribution in [0.5, 0.6) is 0 Å². The minimum Gasteiger partial charge on any atom is -0.322 e. The molecule has 0 saturated heterocycles. The lowest BCUT2D eigenvalue weighted by molar-refractivity contribution is -0.120. The summed E-state index contributed by atoms with van der Waals surface area (Å²) < 4.78 is 0. The molecule has 0 unspecified atom stereocenters. The van der Waals surface area contributed by atoms with Crippen LogP contribution in [0, 0.1) is 6.92 Å². The molecular weight excluding hydrogens is 266 g/mol. The third-order valence-electron chi connectivity index (χ3n) is 3.13. The quantitative estimate of drug-likeness (QED) is 0.454. The zero-order valence-corrected chi connectivity index (χ0v) is 11.7. The van der Waals surface area contributed by atoms with Gasteiger partial charge in [-0.15, -0.1) is 0 Å². The lowest BCUT2D eigenvalue weighted by Crippen LogP contribution is -2.31. The molecule has 0 bridgehead atoms. The number of nitrogens with one attached hydrogen (secondary N) is 2. The van der Waals surface area contributed by atoms with Crippen molar-refractivity contribution in [2.45, 2.75) is 13.3 Å². The fourth-order valence-electron chi connectivity index (χ4n) is 1.97. The number of carbonyl (C=O) groups excluding carboxylic acids is 2. The Kier molecular flexibility index (Phi) is 4.68. The summed E-state index contributed by atoms with van der Waals surface area (Å²) in [5, 5.41) is 2.83. The Balaban J connectivity index is 2.05. The van der Waals surface area contributed by atoms with Crippen LogP contribution in [0.3, 0.4) is 0 Å². The monoisotopic (exact) mass is 283 g/mol. The number of rotatable bonds is 4. The zero-order valence-electron chi connectivity index (χ0n) is 11.7. The Labute approximate surface area is 123 Å². The van der Waals surface area contributed by atoms with Gasteiger partial charge in [-0.25, -0.2) is 5.84 Å². The van der Waals surface area contributed by atoms with Gasteiger partial charge in [-0.3, -0.25) is 15.0 Å². The first kappa shape index (κ1) is 14.7. The van der Waals surface area contributed by atoms with E-state index < -0.39 is 0 Å². The van der Waals surface area contributed by atoms with Crippen molar-refractivity contribution in [2.24, 2.45) is 5.84 Å². The summed E-state index contributed by atoms with van der Waals surface area (Å²) in [6.45, 7) is 1.89. The molecule has 108 valence electrons. The van der Waals surface area contributed by atoms with Crippen molar-refractivity contribution >= 4 is 17.5 Å². The first-order valence-corrected chi connectivity index (χ1v) is 6.55. The molecule has 0 fully saturated rings. The first-order valence-electron chi connectivity index (χ1n) is 6.55. The second-order valence-electron chi connectivity index (χ2n) is 4.71. The van der Waals surface area contributed by atoms with Gasteiger partial charge in [0, 0.05) is 11.3 Å². The van der Waals surface area contributed by atoms with E-state index in [2.05, 4.69) is 10.7 Å². The number of hydrogen-bond acceptors (Lipinski definition) is 3. The molecule has 2 rings (SSSR count). The minimum atomic E-state index is -0.258. The average Bonchev–Trinajstić information content (AvgIpc) is 2.49. The van der Waals surface area contributed by atoms with Crippen molar-refractivity contribution in [1.29, 1.82) is 0 Å². The lowest BCUT2D eigenvalue weighted by atomic mass is 10.1. The van der Waals surface area contributed by atoms with Crippen LogP contribution in [0.4, 0.5) is 5.69 Å². The summed E-state index contributed by atoms with van der Waals surface area (Å²) >= 11 is 0. The van der Waals surface area contributed by atoms with Crippen LogP contribution in [0.2, 0.25) is 0 Å². The summed E-state index contributed by atoms with van der Waals surface area (Å²) in [5.74, 6) is 4.63. The molecule has 0 aliphatic heterocycles. The first-order chi connectivity index (χ1) is 10.1. The van der Waals surface area contributed by atoms with Crippen LogP contribution in [0.1, 0.15) is 21.5 Å². The molecule has 0 heterocycles. The summed E-state index contributed by atoms with van der Waals surface area (Å²) in [6.07, 6.45) is 0.211. The smallest absolute Gasteiger partial charge is 0.255 e. The Morgan fingerprint density at radius 1 is 1.05 bits per heavy atom. The van der Waals surface area contributed by atoms with Crippen molar-refractivity contribution in [3.63, 3.8) is 0 Å². The number of hydrazine groups is 1. The number of anilines is 1. The topological polar surface area (TPSA) is 84.2 Å². The molecule has 5 heteroatoms. The van der Waals surface area contributed by atoms with E-state index in [1.807, 2.05) is 25.1 Å². The van der Waals surface area contributed by atoms with Crippen molar-refractivity contribution in [2.75, 3.05) is 5.32 Å². The van der Waals surface area contributed by atoms with Crippen molar-refractivity contribution < 1.29 is 9.59 Å². The van der Waals surface area contributed by atoms with Gasteiger partial charge < -0.3 is 5.32 Å². The van der Waals surface area contributed by atoms with Gasteiger partial charge in [0.1, 0.15) is 0 Å². The molecule has 0 spiro atoms. The van der Waals surface area contributed by atoms with Gasteiger partial charge in [0.2, 0.25) is 5.91 Å². The van der Waals surface area contributed by atoms with Crippen LogP contribution in [0.15, 0.2) is 48.5 Å². The number of amides is 2. The van der Waals surface area contributed by atoms with Crippen LogP contribution in [0.25, 0.3) is 0 Å². The number of nitrogens with two attached hydrogens (primary N) is 1. The van der Waals surface area contributed by atoms with E-state index in [1.54, 1.807) is 30.3 Å². The van der Waals surface area contributed by atoms with Crippen LogP contribution < -0.4 is 16.6 Å². The van der Waals surface area contributed by atoms with Crippen molar-refractivity contribution in [3.8, 4) is 0 Å². The zero-order chi connectivity index (χ0) is 15.2. The molecular formula is C16H17N3O2. The highest BCUT2D eigenvalue weighted by Gasteiger charge is 2.08. The Morgan fingerprint density at radius 3 is 2.33 bits per heavy atom. The van der Waals surface area contributed by atoms with Crippen LogP contribution >= 0.6 is 0 Å². The number of hydrogen-bond donors (Lipinski definition) is 3. The van der Waals surface area contributed by atoms with Gasteiger partial charge in [0.05, 0.1) is 6.42 Å². The van der Waals surface area contributed by atoms with E-state index in [9.17, 15) is 9.59 Å². The standard InChI is InChI=1S/C16H17N3O2/c1-11-4-2-3-5-14(11)16(21)18-13-8-6-12(7-9-13)10-15(20)19-17/h2-9H,10,17H2,1H3,(H,18,21)(H,19,20). The van der Waals surface area contributed by atoms with E-state index in [-0.39, 0.29) is 18.2 Å². The number of carbonyl (C=O) groups is 2. The van der Waals surface area contributed by atoms with E-state index >= 15 is 0 Å². The molecule has 0 aliphatic rings. The highest BCUT2D eigenvalue weighted by Crippen LogP contribution is 2.13. The van der Waals surface area contributed by atoms with Gasteiger partial charge in [-0.2, -0.15) is 0 Å². The van der Waals surface area contributed by atoms with Crippen LogP contribution in [-0.4, -0.2) is 11.8 Å². The summed E-state index contributed by atoms with van der Waals surface area (Å²) in [6, 6.07) is 14.5. The third-order valence-corrected chi connectivity index (χ3v) is 3.13. The lowest BCUT2D eigenvalue weighted by Gasteiger charge is -2.08. The highest BCUT2D eigenvalue weighted by molar-refractivity contribution is 6.05. The maximum Gasteiger partial charge on any atom is 0.255 e. The predicted octanol–water partition coefficient (Wildman–Crippen LogP) is 1.78. The second kappa shape index (κ2) is 6.67. The third kappa shape index (κ3) is 3.90. The molecule has 2 amide bonds. The van der Waals surface area contributed by atoms with Gasteiger partial charge >= 0.3 is 0 Å². The summed E-state index contributed by atoms with van der Waals surface area (Å²) in [4.78, 5) is 23.3. The normalized spacial score (nSPS) is 10.0. The van der Waals surface area contributed by atoms with E-state index in [1.165, 1.54) is 0 Å². The maximum absolute atomic E-state index is 12.2. The molecule has 0 radical (unpaired) electrons. The Morgan fingerprint density at radius 2 is 1.71 bits per heavy atom.